The van der Waals surface area contributed by atoms with Gasteiger partial charge in [-0.3, -0.25) is 9.48 Å². The van der Waals surface area contributed by atoms with Crippen LogP contribution in [0.2, 0.25) is 0 Å². The van der Waals surface area contributed by atoms with Gasteiger partial charge in [0, 0.05) is 0 Å². The predicted molar refractivity (Wildman–Crippen MR) is 120 cm³/mol. The molecule has 0 saturated carbocycles. The van der Waals surface area contributed by atoms with Gasteiger partial charge in [-0.05, 0) is 47.9 Å². The van der Waals surface area contributed by atoms with Gasteiger partial charge in [0.2, 0.25) is 5.91 Å². The number of carbonyl (C=O) groups excluding carboxylic acids is 1. The van der Waals surface area contributed by atoms with Crippen molar-refractivity contribution in [1.29, 1.82) is 0 Å². The molecular formula is C25H25N3O2. The lowest BCUT2D eigenvalue weighted by atomic mass is 10.0. The summed E-state index contributed by atoms with van der Waals surface area (Å²) in [6, 6.07) is 22.2. The van der Waals surface area contributed by atoms with Crippen LogP contribution in [0.15, 0.2) is 66.7 Å². The highest BCUT2D eigenvalue weighted by Gasteiger charge is 2.15. The number of nitrogens with one attached hydrogen (secondary N) is 1. The standard InChI is InChI=1S/C25H25N3O2/c1-17-25(26-24(29)15-19-11-13-22(30-3)14-12-19)18(2)28(27-17)16-21-9-6-8-20-7-4-5-10-23(20)21/h4-14H,15-16H2,1-3H3,(H,26,29). The van der Waals surface area contributed by atoms with Crippen molar-refractivity contribution in [1.82, 2.24) is 9.78 Å². The number of hydrogen-bond acceptors (Lipinski definition) is 3. The molecule has 5 heteroatoms. The van der Waals surface area contributed by atoms with Crippen LogP contribution in [0.1, 0.15) is 22.5 Å². The van der Waals surface area contributed by atoms with Gasteiger partial charge in [0.1, 0.15) is 5.75 Å². The molecule has 0 unspecified atom stereocenters. The quantitative estimate of drug-likeness (QED) is 0.502. The highest BCUT2D eigenvalue weighted by atomic mass is 16.5. The van der Waals surface area contributed by atoms with E-state index in [-0.39, 0.29) is 5.91 Å². The third-order valence-electron chi connectivity index (χ3n) is 5.37. The van der Waals surface area contributed by atoms with E-state index in [1.54, 1.807) is 7.11 Å². The highest BCUT2D eigenvalue weighted by molar-refractivity contribution is 5.93. The lowest BCUT2D eigenvalue weighted by Gasteiger charge is -2.10. The van der Waals surface area contributed by atoms with E-state index in [4.69, 9.17) is 4.74 Å². The Morgan fingerprint density at radius 2 is 1.73 bits per heavy atom. The van der Waals surface area contributed by atoms with E-state index in [0.717, 1.165) is 28.4 Å². The summed E-state index contributed by atoms with van der Waals surface area (Å²) in [4.78, 5) is 12.6. The number of nitrogens with zero attached hydrogens (tertiary/aromatic N) is 2. The van der Waals surface area contributed by atoms with Gasteiger partial charge >= 0.3 is 0 Å². The van der Waals surface area contributed by atoms with E-state index in [1.165, 1.54) is 16.3 Å². The normalized spacial score (nSPS) is 10.9. The fourth-order valence-electron chi connectivity index (χ4n) is 3.74. The van der Waals surface area contributed by atoms with Gasteiger partial charge in [0.15, 0.2) is 0 Å². The maximum Gasteiger partial charge on any atom is 0.228 e. The van der Waals surface area contributed by atoms with Crippen LogP contribution in [0, 0.1) is 13.8 Å². The zero-order chi connectivity index (χ0) is 21.1. The first-order valence-electron chi connectivity index (χ1n) is 9.98. The molecule has 0 radical (unpaired) electrons. The Balaban J connectivity index is 1.52. The predicted octanol–water partition coefficient (Wildman–Crippen LogP) is 4.89. The summed E-state index contributed by atoms with van der Waals surface area (Å²) < 4.78 is 7.13. The fourth-order valence-corrected chi connectivity index (χ4v) is 3.74. The number of aryl methyl sites for hydroxylation is 1. The van der Waals surface area contributed by atoms with Crippen LogP contribution in [0.25, 0.3) is 10.8 Å². The first kappa shape index (κ1) is 19.7. The molecule has 0 spiro atoms. The number of fused-ring (bicyclic) bond motifs is 1. The summed E-state index contributed by atoms with van der Waals surface area (Å²) in [6.07, 6.45) is 0.303. The van der Waals surface area contributed by atoms with Crippen molar-refractivity contribution in [2.45, 2.75) is 26.8 Å². The molecule has 0 fully saturated rings. The van der Waals surface area contributed by atoms with Gasteiger partial charge in [-0.1, -0.05) is 54.6 Å². The number of benzene rings is 3. The van der Waals surface area contributed by atoms with E-state index in [1.807, 2.05) is 48.9 Å². The molecule has 152 valence electrons. The molecule has 5 nitrogen and oxygen atoms in total. The van der Waals surface area contributed by atoms with Crippen molar-refractivity contribution in [3.63, 3.8) is 0 Å². The lowest BCUT2D eigenvalue weighted by Crippen LogP contribution is -2.15. The van der Waals surface area contributed by atoms with Crippen molar-refractivity contribution in [2.24, 2.45) is 0 Å². The molecule has 0 saturated heterocycles. The van der Waals surface area contributed by atoms with E-state index in [0.29, 0.717) is 13.0 Å². The largest absolute Gasteiger partial charge is 0.497 e. The Kier molecular flexibility index (Phi) is 5.53. The van der Waals surface area contributed by atoms with E-state index >= 15 is 0 Å². The molecule has 4 aromatic rings. The maximum absolute atomic E-state index is 12.6. The summed E-state index contributed by atoms with van der Waals surface area (Å²) in [6.45, 7) is 4.58. The molecule has 0 aliphatic carbocycles. The second kappa shape index (κ2) is 8.41. The smallest absolute Gasteiger partial charge is 0.228 e. The van der Waals surface area contributed by atoms with Gasteiger partial charge in [-0.25, -0.2) is 0 Å². The molecule has 0 aliphatic heterocycles. The van der Waals surface area contributed by atoms with Crippen molar-refractivity contribution in [3.05, 3.63) is 89.2 Å². The number of carbonyl (C=O) groups is 1. The number of anilines is 1. The van der Waals surface area contributed by atoms with Crippen molar-refractivity contribution in [2.75, 3.05) is 12.4 Å². The molecule has 1 amide bonds. The summed E-state index contributed by atoms with van der Waals surface area (Å²) in [5.41, 5.74) is 4.69. The van der Waals surface area contributed by atoms with E-state index in [2.05, 4.69) is 46.8 Å². The second-order valence-corrected chi connectivity index (χ2v) is 7.41. The van der Waals surface area contributed by atoms with Gasteiger partial charge < -0.3 is 10.1 Å². The number of hydrogen-bond donors (Lipinski definition) is 1. The summed E-state index contributed by atoms with van der Waals surface area (Å²) >= 11 is 0. The summed E-state index contributed by atoms with van der Waals surface area (Å²) in [7, 11) is 1.63. The Labute approximate surface area is 176 Å². The topological polar surface area (TPSA) is 56.1 Å². The molecule has 0 aliphatic rings. The van der Waals surface area contributed by atoms with Gasteiger partial charge in [-0.2, -0.15) is 5.10 Å². The van der Waals surface area contributed by atoms with Crippen molar-refractivity contribution >= 4 is 22.4 Å². The van der Waals surface area contributed by atoms with Crippen molar-refractivity contribution in [3.8, 4) is 5.75 Å². The third kappa shape index (κ3) is 4.06. The average Bonchev–Trinajstić information content (AvgIpc) is 3.02. The third-order valence-corrected chi connectivity index (χ3v) is 5.37. The minimum Gasteiger partial charge on any atom is -0.497 e. The molecular weight excluding hydrogens is 374 g/mol. The molecule has 3 aromatic carbocycles. The highest BCUT2D eigenvalue weighted by Crippen LogP contribution is 2.24. The number of aromatic nitrogens is 2. The Morgan fingerprint density at radius 3 is 2.50 bits per heavy atom. The number of ether oxygens (including phenoxy) is 1. The van der Waals surface area contributed by atoms with Gasteiger partial charge in [0.25, 0.3) is 0 Å². The van der Waals surface area contributed by atoms with Crippen LogP contribution in [0.4, 0.5) is 5.69 Å². The average molecular weight is 399 g/mol. The molecule has 1 N–H and O–H groups in total. The van der Waals surface area contributed by atoms with Crippen LogP contribution in [0.3, 0.4) is 0 Å². The maximum atomic E-state index is 12.6. The zero-order valence-corrected chi connectivity index (χ0v) is 17.5. The minimum absolute atomic E-state index is 0.0592. The van der Waals surface area contributed by atoms with E-state index in [9.17, 15) is 4.79 Å². The van der Waals surface area contributed by atoms with Crippen LogP contribution in [-0.2, 0) is 17.8 Å². The number of methoxy groups -OCH3 is 1. The zero-order valence-electron chi connectivity index (χ0n) is 17.5. The SMILES string of the molecule is COc1ccc(CC(=O)Nc2c(C)nn(Cc3cccc4ccccc34)c2C)cc1. The number of rotatable bonds is 6. The van der Waals surface area contributed by atoms with Crippen LogP contribution >= 0.6 is 0 Å². The summed E-state index contributed by atoms with van der Waals surface area (Å²) in [5, 5.41) is 10.2. The molecule has 4 rings (SSSR count). The number of amides is 1. The Bertz CT molecular complexity index is 1190. The molecule has 1 aromatic heterocycles. The van der Waals surface area contributed by atoms with E-state index < -0.39 is 0 Å². The molecule has 30 heavy (non-hydrogen) atoms. The second-order valence-electron chi connectivity index (χ2n) is 7.41. The molecule has 0 atom stereocenters. The van der Waals surface area contributed by atoms with Crippen LogP contribution in [0.5, 0.6) is 5.75 Å². The first-order chi connectivity index (χ1) is 14.5. The van der Waals surface area contributed by atoms with Crippen molar-refractivity contribution < 1.29 is 9.53 Å². The lowest BCUT2D eigenvalue weighted by molar-refractivity contribution is -0.115. The summed E-state index contributed by atoms with van der Waals surface area (Å²) in [5.74, 6) is 0.719. The fraction of sp³-hybridized carbons (Fsp3) is 0.200. The monoisotopic (exact) mass is 399 g/mol. The first-order valence-corrected chi connectivity index (χ1v) is 9.98. The Hall–Kier alpha value is -3.60. The van der Waals surface area contributed by atoms with Gasteiger partial charge in [0.05, 0.1) is 37.2 Å². The van der Waals surface area contributed by atoms with Gasteiger partial charge in [-0.15, -0.1) is 0 Å². The Morgan fingerprint density at radius 1 is 1.00 bits per heavy atom. The molecule has 1 heterocycles. The minimum atomic E-state index is -0.0592. The molecule has 0 bridgehead atoms. The van der Waals surface area contributed by atoms with Crippen LogP contribution < -0.4 is 10.1 Å². The van der Waals surface area contributed by atoms with Crippen LogP contribution in [-0.4, -0.2) is 22.8 Å².